The van der Waals surface area contributed by atoms with Crippen molar-refractivity contribution in [3.8, 4) is 5.75 Å². The highest BCUT2D eigenvalue weighted by atomic mass is 35.7. The first-order chi connectivity index (χ1) is 9.91. The quantitative estimate of drug-likeness (QED) is 0.612. The number of carbonyl (C=O) groups is 1. The van der Waals surface area contributed by atoms with Gasteiger partial charge < -0.3 is 9.47 Å². The first-order valence-electron chi connectivity index (χ1n) is 6.71. The molecule has 0 heterocycles. The van der Waals surface area contributed by atoms with Gasteiger partial charge in [0, 0.05) is 10.7 Å². The molecule has 1 aromatic rings. The van der Waals surface area contributed by atoms with E-state index in [0.29, 0.717) is 12.5 Å². The zero-order chi connectivity index (χ0) is 15.5. The zero-order valence-corrected chi connectivity index (χ0v) is 13.2. The molecule has 0 spiro atoms. The van der Waals surface area contributed by atoms with Crippen LogP contribution in [0.15, 0.2) is 23.1 Å². The van der Waals surface area contributed by atoms with Crippen LogP contribution in [-0.4, -0.2) is 28.1 Å². The molecule has 0 unspecified atom stereocenters. The lowest BCUT2D eigenvalue weighted by Crippen LogP contribution is -2.13. The van der Waals surface area contributed by atoms with E-state index in [0.717, 1.165) is 25.7 Å². The van der Waals surface area contributed by atoms with Gasteiger partial charge in [-0.1, -0.05) is 12.8 Å². The Kier molecular flexibility index (Phi) is 5.11. The molecule has 0 radical (unpaired) electrons. The van der Waals surface area contributed by atoms with Gasteiger partial charge in [0.25, 0.3) is 9.05 Å². The van der Waals surface area contributed by atoms with Gasteiger partial charge in [0.1, 0.15) is 11.3 Å². The van der Waals surface area contributed by atoms with Crippen molar-refractivity contribution in [1.29, 1.82) is 0 Å². The Labute approximate surface area is 128 Å². The molecule has 0 N–H and O–H groups in total. The van der Waals surface area contributed by atoms with E-state index in [1.807, 2.05) is 0 Å². The summed E-state index contributed by atoms with van der Waals surface area (Å²) in [4.78, 5) is 12.0. The fourth-order valence-corrected chi connectivity index (χ4v) is 3.22. The first-order valence-corrected chi connectivity index (χ1v) is 9.02. The molecular formula is C14H17ClO5S. The van der Waals surface area contributed by atoms with Crippen LogP contribution in [0, 0.1) is 5.92 Å². The third-order valence-electron chi connectivity index (χ3n) is 3.60. The molecule has 0 saturated heterocycles. The smallest absolute Gasteiger partial charge is 0.341 e. The van der Waals surface area contributed by atoms with Gasteiger partial charge in [-0.15, -0.1) is 0 Å². The second-order valence-electron chi connectivity index (χ2n) is 5.05. The van der Waals surface area contributed by atoms with Crippen LogP contribution in [0.1, 0.15) is 36.0 Å². The van der Waals surface area contributed by atoms with Gasteiger partial charge in [-0.2, -0.15) is 0 Å². The van der Waals surface area contributed by atoms with E-state index in [2.05, 4.69) is 0 Å². The molecule has 2 rings (SSSR count). The summed E-state index contributed by atoms with van der Waals surface area (Å²) in [5.41, 5.74) is 0.0669. The molecule has 1 aromatic carbocycles. The highest BCUT2D eigenvalue weighted by Crippen LogP contribution is 2.27. The minimum absolute atomic E-state index is 0.0669. The van der Waals surface area contributed by atoms with E-state index in [1.54, 1.807) is 0 Å². The molecule has 1 aliphatic rings. The van der Waals surface area contributed by atoms with Crippen molar-refractivity contribution < 1.29 is 22.7 Å². The molecule has 1 aliphatic carbocycles. The van der Waals surface area contributed by atoms with Crippen molar-refractivity contribution in [2.45, 2.75) is 30.6 Å². The summed E-state index contributed by atoms with van der Waals surface area (Å²) >= 11 is 0. The summed E-state index contributed by atoms with van der Waals surface area (Å²) in [7, 11) is 2.79. The Morgan fingerprint density at radius 1 is 1.33 bits per heavy atom. The van der Waals surface area contributed by atoms with Crippen LogP contribution in [0.5, 0.6) is 5.75 Å². The summed E-state index contributed by atoms with van der Waals surface area (Å²) in [5, 5.41) is 0. The Morgan fingerprint density at radius 2 is 2.00 bits per heavy atom. The van der Waals surface area contributed by atoms with Gasteiger partial charge in [0.15, 0.2) is 0 Å². The largest absolute Gasteiger partial charge is 0.496 e. The zero-order valence-electron chi connectivity index (χ0n) is 11.7. The highest BCUT2D eigenvalue weighted by molar-refractivity contribution is 8.13. The van der Waals surface area contributed by atoms with Crippen LogP contribution in [-0.2, 0) is 13.8 Å². The SMILES string of the molecule is COc1ccc(S(=O)(=O)Cl)cc1C(=O)OCC1CCCC1. The predicted molar refractivity (Wildman–Crippen MR) is 78.3 cm³/mol. The third kappa shape index (κ3) is 4.11. The van der Waals surface area contributed by atoms with Crippen molar-refractivity contribution in [3.05, 3.63) is 23.8 Å². The molecule has 21 heavy (non-hydrogen) atoms. The molecule has 116 valence electrons. The number of ether oxygens (including phenoxy) is 2. The fourth-order valence-electron chi connectivity index (χ4n) is 2.45. The molecule has 1 fully saturated rings. The van der Waals surface area contributed by atoms with E-state index >= 15 is 0 Å². The average molecular weight is 333 g/mol. The number of methoxy groups -OCH3 is 1. The number of benzene rings is 1. The topological polar surface area (TPSA) is 69.7 Å². The second-order valence-corrected chi connectivity index (χ2v) is 7.61. The van der Waals surface area contributed by atoms with Crippen molar-refractivity contribution in [2.75, 3.05) is 13.7 Å². The monoisotopic (exact) mass is 332 g/mol. The number of rotatable bonds is 5. The number of hydrogen-bond acceptors (Lipinski definition) is 5. The van der Waals surface area contributed by atoms with Crippen molar-refractivity contribution >= 4 is 25.7 Å². The molecular weight excluding hydrogens is 316 g/mol. The molecule has 5 nitrogen and oxygen atoms in total. The van der Waals surface area contributed by atoms with Gasteiger partial charge >= 0.3 is 5.97 Å². The van der Waals surface area contributed by atoms with Crippen LogP contribution < -0.4 is 4.74 Å². The van der Waals surface area contributed by atoms with Crippen LogP contribution in [0.2, 0.25) is 0 Å². The molecule has 0 atom stereocenters. The Bertz CT molecular complexity index is 620. The van der Waals surface area contributed by atoms with E-state index in [9.17, 15) is 13.2 Å². The predicted octanol–water partition coefficient (Wildman–Crippen LogP) is 2.97. The molecule has 0 aliphatic heterocycles. The minimum atomic E-state index is -3.91. The van der Waals surface area contributed by atoms with Gasteiger partial charge in [0.2, 0.25) is 0 Å². The van der Waals surface area contributed by atoms with E-state index in [-0.39, 0.29) is 16.2 Å². The van der Waals surface area contributed by atoms with Gasteiger partial charge in [-0.25, -0.2) is 13.2 Å². The molecule has 0 aromatic heterocycles. The lowest BCUT2D eigenvalue weighted by atomic mass is 10.1. The lowest BCUT2D eigenvalue weighted by molar-refractivity contribution is 0.0438. The average Bonchev–Trinajstić information content (AvgIpc) is 2.96. The molecule has 0 bridgehead atoms. The standard InChI is InChI=1S/C14H17ClO5S/c1-19-13-7-6-11(21(15,17)18)8-12(13)14(16)20-9-10-4-2-3-5-10/h6-8,10H,2-5,9H2,1H3. The van der Waals surface area contributed by atoms with Gasteiger partial charge in [0.05, 0.1) is 18.6 Å². The van der Waals surface area contributed by atoms with E-state index < -0.39 is 15.0 Å². The molecule has 7 heteroatoms. The maximum absolute atomic E-state index is 12.1. The Morgan fingerprint density at radius 3 is 2.57 bits per heavy atom. The lowest BCUT2D eigenvalue weighted by Gasteiger charge is -2.12. The third-order valence-corrected chi connectivity index (χ3v) is 4.95. The summed E-state index contributed by atoms with van der Waals surface area (Å²) in [6.45, 7) is 0.347. The summed E-state index contributed by atoms with van der Waals surface area (Å²) in [5.74, 6) is 0.0521. The second kappa shape index (κ2) is 6.66. The van der Waals surface area contributed by atoms with Crippen LogP contribution in [0.4, 0.5) is 0 Å². The van der Waals surface area contributed by atoms with Crippen molar-refractivity contribution in [3.63, 3.8) is 0 Å². The summed E-state index contributed by atoms with van der Waals surface area (Å²) in [6, 6.07) is 3.86. The Balaban J connectivity index is 2.17. The Hall–Kier alpha value is -1.27. The van der Waals surface area contributed by atoms with Crippen molar-refractivity contribution in [1.82, 2.24) is 0 Å². The highest BCUT2D eigenvalue weighted by Gasteiger charge is 2.21. The normalized spacial score (nSPS) is 15.9. The molecule has 0 amide bonds. The molecule has 1 saturated carbocycles. The summed E-state index contributed by atoms with van der Waals surface area (Å²) in [6.07, 6.45) is 4.43. The van der Waals surface area contributed by atoms with Crippen LogP contribution in [0.3, 0.4) is 0 Å². The van der Waals surface area contributed by atoms with Crippen LogP contribution in [0.25, 0.3) is 0 Å². The number of halogens is 1. The maximum atomic E-state index is 12.1. The fraction of sp³-hybridized carbons (Fsp3) is 0.500. The first kappa shape index (κ1) is 16.1. The number of esters is 1. The number of hydrogen-bond donors (Lipinski definition) is 0. The number of carbonyl (C=O) groups excluding carboxylic acids is 1. The summed E-state index contributed by atoms with van der Waals surface area (Å²) < 4.78 is 33.0. The van der Waals surface area contributed by atoms with Gasteiger partial charge in [-0.3, -0.25) is 0 Å². The van der Waals surface area contributed by atoms with Crippen LogP contribution >= 0.6 is 10.7 Å². The van der Waals surface area contributed by atoms with Crippen molar-refractivity contribution in [2.24, 2.45) is 5.92 Å². The minimum Gasteiger partial charge on any atom is -0.496 e. The van der Waals surface area contributed by atoms with Gasteiger partial charge in [-0.05, 0) is 37.0 Å². The van der Waals surface area contributed by atoms with E-state index in [1.165, 1.54) is 25.3 Å². The van der Waals surface area contributed by atoms with E-state index in [4.69, 9.17) is 20.2 Å². The maximum Gasteiger partial charge on any atom is 0.341 e.